The Labute approximate surface area is 124 Å². The Kier molecular flexibility index (Phi) is 4.90. The van der Waals surface area contributed by atoms with E-state index < -0.39 is 5.97 Å². The Morgan fingerprint density at radius 2 is 2.10 bits per heavy atom. The molecule has 1 fully saturated rings. The molecule has 1 aliphatic heterocycles. The van der Waals surface area contributed by atoms with Crippen LogP contribution in [-0.2, 0) is 11.3 Å². The topological polar surface area (TPSA) is 91.3 Å². The number of amides is 1. The Bertz CT molecular complexity index is 507. The van der Waals surface area contributed by atoms with Crippen molar-refractivity contribution in [3.63, 3.8) is 0 Å². The Hall–Kier alpha value is -1.95. The fourth-order valence-electron chi connectivity index (χ4n) is 2.67. The van der Waals surface area contributed by atoms with Gasteiger partial charge in [0.25, 0.3) is 0 Å². The number of pyridine rings is 1. The van der Waals surface area contributed by atoms with Gasteiger partial charge >= 0.3 is 5.97 Å². The van der Waals surface area contributed by atoms with E-state index in [0.717, 1.165) is 37.9 Å². The molecule has 0 bridgehead atoms. The SMILES string of the molecule is CCC1(C(=O)NCc2ccc(C(=O)O)nc2)CCNCC1. The smallest absolute Gasteiger partial charge is 0.354 e. The van der Waals surface area contributed by atoms with Crippen LogP contribution in [0.4, 0.5) is 0 Å². The van der Waals surface area contributed by atoms with Gasteiger partial charge in [-0.2, -0.15) is 0 Å². The summed E-state index contributed by atoms with van der Waals surface area (Å²) < 4.78 is 0. The second-order valence-corrected chi connectivity index (χ2v) is 5.42. The molecule has 0 radical (unpaired) electrons. The van der Waals surface area contributed by atoms with Crippen LogP contribution in [0.1, 0.15) is 42.2 Å². The summed E-state index contributed by atoms with van der Waals surface area (Å²) in [6.45, 7) is 4.17. The van der Waals surface area contributed by atoms with E-state index in [4.69, 9.17) is 5.11 Å². The molecule has 0 atom stereocenters. The molecule has 114 valence electrons. The number of carbonyl (C=O) groups excluding carboxylic acids is 1. The van der Waals surface area contributed by atoms with Crippen molar-refractivity contribution < 1.29 is 14.7 Å². The van der Waals surface area contributed by atoms with Crippen LogP contribution in [0.25, 0.3) is 0 Å². The number of hydrogen-bond donors (Lipinski definition) is 3. The van der Waals surface area contributed by atoms with Gasteiger partial charge in [0.2, 0.25) is 5.91 Å². The minimum absolute atomic E-state index is 0.00783. The van der Waals surface area contributed by atoms with Gasteiger partial charge in [0.15, 0.2) is 0 Å². The van der Waals surface area contributed by atoms with E-state index in [0.29, 0.717) is 6.54 Å². The molecule has 2 rings (SSSR count). The molecule has 1 aromatic heterocycles. The van der Waals surface area contributed by atoms with E-state index in [1.54, 1.807) is 6.07 Å². The molecule has 0 saturated carbocycles. The highest BCUT2D eigenvalue weighted by Crippen LogP contribution is 2.32. The van der Waals surface area contributed by atoms with Crippen LogP contribution in [0.15, 0.2) is 18.3 Å². The summed E-state index contributed by atoms with van der Waals surface area (Å²) in [7, 11) is 0. The lowest BCUT2D eigenvalue weighted by molar-refractivity contribution is -0.133. The van der Waals surface area contributed by atoms with Crippen molar-refractivity contribution in [2.75, 3.05) is 13.1 Å². The number of aromatic carboxylic acids is 1. The predicted octanol–water partition coefficient (Wildman–Crippen LogP) is 1.18. The summed E-state index contributed by atoms with van der Waals surface area (Å²) in [5.74, 6) is -0.973. The first-order valence-corrected chi connectivity index (χ1v) is 7.25. The number of nitrogens with zero attached hydrogens (tertiary/aromatic N) is 1. The molecule has 3 N–H and O–H groups in total. The maximum atomic E-state index is 12.4. The van der Waals surface area contributed by atoms with Crippen LogP contribution in [0.3, 0.4) is 0 Å². The molecule has 1 aliphatic rings. The van der Waals surface area contributed by atoms with Gasteiger partial charge in [-0.15, -0.1) is 0 Å². The lowest BCUT2D eigenvalue weighted by atomic mass is 9.76. The molecule has 1 aromatic rings. The first-order valence-electron chi connectivity index (χ1n) is 7.25. The van der Waals surface area contributed by atoms with Crippen LogP contribution in [0.2, 0.25) is 0 Å². The monoisotopic (exact) mass is 291 g/mol. The molecule has 2 heterocycles. The maximum Gasteiger partial charge on any atom is 0.354 e. The molecule has 6 heteroatoms. The highest BCUT2D eigenvalue weighted by Gasteiger charge is 2.37. The van der Waals surface area contributed by atoms with Crippen LogP contribution in [0.5, 0.6) is 0 Å². The Morgan fingerprint density at radius 3 is 2.62 bits per heavy atom. The second-order valence-electron chi connectivity index (χ2n) is 5.42. The largest absolute Gasteiger partial charge is 0.477 e. The minimum Gasteiger partial charge on any atom is -0.477 e. The normalized spacial score (nSPS) is 17.2. The van der Waals surface area contributed by atoms with Gasteiger partial charge in [-0.3, -0.25) is 4.79 Å². The van der Waals surface area contributed by atoms with Gasteiger partial charge in [0.1, 0.15) is 5.69 Å². The molecule has 0 unspecified atom stereocenters. The summed E-state index contributed by atoms with van der Waals surface area (Å²) in [6, 6.07) is 3.13. The summed E-state index contributed by atoms with van der Waals surface area (Å²) in [5.41, 5.74) is 0.529. The number of aromatic nitrogens is 1. The molecule has 0 spiro atoms. The predicted molar refractivity (Wildman–Crippen MR) is 77.9 cm³/mol. The molecule has 21 heavy (non-hydrogen) atoms. The zero-order valence-corrected chi connectivity index (χ0v) is 12.2. The van der Waals surface area contributed by atoms with E-state index in [2.05, 4.69) is 15.6 Å². The Morgan fingerprint density at radius 1 is 1.38 bits per heavy atom. The van der Waals surface area contributed by atoms with Gasteiger partial charge in [-0.25, -0.2) is 9.78 Å². The number of carboxylic acid groups (broad SMARTS) is 1. The highest BCUT2D eigenvalue weighted by molar-refractivity contribution is 5.85. The molecular formula is C15H21N3O3. The molecule has 0 aromatic carbocycles. The number of carboxylic acids is 1. The Balaban J connectivity index is 1.95. The fourth-order valence-corrected chi connectivity index (χ4v) is 2.67. The van der Waals surface area contributed by atoms with Crippen molar-refractivity contribution in [1.82, 2.24) is 15.6 Å². The molecule has 6 nitrogen and oxygen atoms in total. The van der Waals surface area contributed by atoms with Crippen molar-refractivity contribution in [3.05, 3.63) is 29.6 Å². The standard InChI is InChI=1S/C15H21N3O3/c1-2-15(5-7-16-8-6-15)14(21)18-10-11-3-4-12(13(19)20)17-9-11/h3-4,9,16H,2,5-8,10H2,1H3,(H,18,21)(H,19,20). The fraction of sp³-hybridized carbons (Fsp3) is 0.533. The van der Waals surface area contributed by atoms with Gasteiger partial charge < -0.3 is 15.7 Å². The van der Waals surface area contributed by atoms with E-state index >= 15 is 0 Å². The summed E-state index contributed by atoms with van der Waals surface area (Å²) >= 11 is 0. The summed E-state index contributed by atoms with van der Waals surface area (Å²) in [4.78, 5) is 27.0. The van der Waals surface area contributed by atoms with Crippen molar-refractivity contribution in [1.29, 1.82) is 0 Å². The van der Waals surface area contributed by atoms with Gasteiger partial charge in [-0.1, -0.05) is 13.0 Å². The van der Waals surface area contributed by atoms with Crippen LogP contribution >= 0.6 is 0 Å². The van der Waals surface area contributed by atoms with E-state index in [-0.39, 0.29) is 17.0 Å². The van der Waals surface area contributed by atoms with E-state index in [1.165, 1.54) is 12.3 Å². The zero-order chi connectivity index (χ0) is 15.3. The van der Waals surface area contributed by atoms with Crippen molar-refractivity contribution in [2.45, 2.75) is 32.7 Å². The average Bonchev–Trinajstić information content (AvgIpc) is 2.53. The third-order valence-electron chi connectivity index (χ3n) is 4.22. The second kappa shape index (κ2) is 6.67. The number of carbonyl (C=O) groups is 2. The third-order valence-corrected chi connectivity index (χ3v) is 4.22. The first-order chi connectivity index (χ1) is 10.1. The van der Waals surface area contributed by atoms with Crippen LogP contribution in [0, 0.1) is 5.41 Å². The quantitative estimate of drug-likeness (QED) is 0.757. The van der Waals surface area contributed by atoms with Gasteiger partial charge in [0, 0.05) is 12.7 Å². The van der Waals surface area contributed by atoms with Crippen molar-refractivity contribution >= 4 is 11.9 Å². The van der Waals surface area contributed by atoms with E-state index in [1.807, 2.05) is 6.92 Å². The first kappa shape index (κ1) is 15.4. The van der Waals surface area contributed by atoms with Crippen molar-refractivity contribution in [2.24, 2.45) is 5.41 Å². The minimum atomic E-state index is -1.05. The van der Waals surface area contributed by atoms with Crippen LogP contribution in [-0.4, -0.2) is 35.1 Å². The third kappa shape index (κ3) is 3.58. The number of piperidine rings is 1. The molecule has 1 saturated heterocycles. The van der Waals surface area contributed by atoms with Crippen molar-refractivity contribution in [3.8, 4) is 0 Å². The lowest BCUT2D eigenvalue weighted by Gasteiger charge is -2.35. The van der Waals surface area contributed by atoms with Gasteiger partial charge in [0.05, 0.1) is 5.41 Å². The molecule has 1 amide bonds. The maximum absolute atomic E-state index is 12.4. The highest BCUT2D eigenvalue weighted by atomic mass is 16.4. The number of nitrogens with one attached hydrogen (secondary N) is 2. The van der Waals surface area contributed by atoms with Crippen LogP contribution < -0.4 is 10.6 Å². The molecular weight excluding hydrogens is 270 g/mol. The van der Waals surface area contributed by atoms with E-state index in [9.17, 15) is 9.59 Å². The zero-order valence-electron chi connectivity index (χ0n) is 12.2. The number of hydrogen-bond acceptors (Lipinski definition) is 4. The summed E-state index contributed by atoms with van der Waals surface area (Å²) in [5, 5.41) is 15.0. The lowest BCUT2D eigenvalue weighted by Crippen LogP contribution is -2.47. The average molecular weight is 291 g/mol. The molecule has 0 aliphatic carbocycles. The number of rotatable bonds is 5. The summed E-state index contributed by atoms with van der Waals surface area (Å²) in [6.07, 6.45) is 4.03. The van der Waals surface area contributed by atoms with Gasteiger partial charge in [-0.05, 0) is 44.0 Å².